The Morgan fingerprint density at radius 1 is 0.968 bits per heavy atom. The molecule has 0 fully saturated rings. The highest BCUT2D eigenvalue weighted by Crippen LogP contribution is 2.54. The van der Waals surface area contributed by atoms with Gasteiger partial charge in [0.05, 0.1) is 5.41 Å². The first-order valence-electron chi connectivity index (χ1n) is 10.2. The monoisotopic (exact) mass is 437 g/mol. The largest absolute Gasteiger partial charge is 0.492 e. The van der Waals surface area contributed by atoms with Gasteiger partial charge in [-0.05, 0) is 29.3 Å². The van der Waals surface area contributed by atoms with Crippen molar-refractivity contribution in [2.75, 3.05) is 43.8 Å². The second kappa shape index (κ2) is 7.24. The summed E-state index contributed by atoms with van der Waals surface area (Å²) >= 11 is 0. The van der Waals surface area contributed by atoms with Crippen LogP contribution in [-0.2, 0) is 12.0 Å². The zero-order valence-corrected chi connectivity index (χ0v) is 18.3. The van der Waals surface area contributed by atoms with Gasteiger partial charge in [0.2, 0.25) is 6.79 Å². The van der Waals surface area contributed by atoms with Gasteiger partial charge in [0.1, 0.15) is 18.2 Å². The van der Waals surface area contributed by atoms with Gasteiger partial charge in [-0.3, -0.25) is 0 Å². The molecule has 1 atom stereocenters. The molecule has 3 aliphatic heterocycles. The Hall–Kier alpha value is -3.12. The summed E-state index contributed by atoms with van der Waals surface area (Å²) in [7, 11) is 4.01. The zero-order valence-electron chi connectivity index (χ0n) is 17.5. The standard InChI is InChI=1S/C24H23N3O3.ClH/c1-26(2)23-8-7-16(11-25-23)12-27-13-24(17-5-3-4-6-19(17)27)14-28-20-10-22-21(9-18(20)24)29-15-30-22;/h3-11H,12-15H2,1-2H3;1H. The van der Waals surface area contributed by atoms with Gasteiger partial charge in [-0.15, -0.1) is 12.4 Å². The summed E-state index contributed by atoms with van der Waals surface area (Å²) in [6.45, 7) is 2.55. The molecule has 2 aromatic carbocycles. The van der Waals surface area contributed by atoms with Gasteiger partial charge in [0.25, 0.3) is 0 Å². The second-order valence-corrected chi connectivity index (χ2v) is 8.36. The third kappa shape index (κ3) is 2.97. The molecular formula is C24H24ClN3O3. The number of aromatic nitrogens is 1. The van der Waals surface area contributed by atoms with Gasteiger partial charge >= 0.3 is 0 Å². The molecule has 0 saturated carbocycles. The minimum Gasteiger partial charge on any atom is -0.492 e. The number of nitrogens with zero attached hydrogens (tertiary/aromatic N) is 3. The van der Waals surface area contributed by atoms with Crippen LogP contribution in [0.25, 0.3) is 0 Å². The van der Waals surface area contributed by atoms with E-state index < -0.39 is 0 Å². The van der Waals surface area contributed by atoms with Crippen LogP contribution in [0.4, 0.5) is 11.5 Å². The Morgan fingerprint density at radius 3 is 2.55 bits per heavy atom. The number of pyridine rings is 1. The molecule has 31 heavy (non-hydrogen) atoms. The molecule has 0 aliphatic carbocycles. The number of benzene rings is 2. The minimum absolute atomic E-state index is 0. The Balaban J connectivity index is 0.00000204. The normalized spacial score (nSPS) is 19.6. The van der Waals surface area contributed by atoms with Crippen LogP contribution < -0.4 is 24.0 Å². The minimum atomic E-state index is -0.204. The smallest absolute Gasteiger partial charge is 0.231 e. The summed E-state index contributed by atoms with van der Waals surface area (Å²) in [5, 5.41) is 0. The molecule has 0 radical (unpaired) electrons. The average Bonchev–Trinajstić information content (AvgIpc) is 3.45. The van der Waals surface area contributed by atoms with Crippen molar-refractivity contribution >= 4 is 23.9 Å². The molecule has 0 bridgehead atoms. The topological polar surface area (TPSA) is 47.1 Å². The number of para-hydroxylation sites is 1. The lowest BCUT2D eigenvalue weighted by Gasteiger charge is -2.25. The van der Waals surface area contributed by atoms with Crippen LogP contribution in [0.2, 0.25) is 0 Å². The fraction of sp³-hybridized carbons (Fsp3) is 0.292. The molecule has 6 nitrogen and oxygen atoms in total. The first-order valence-corrected chi connectivity index (χ1v) is 10.2. The van der Waals surface area contributed by atoms with Crippen LogP contribution in [-0.4, -0.2) is 39.0 Å². The van der Waals surface area contributed by atoms with E-state index in [2.05, 4.69) is 52.3 Å². The summed E-state index contributed by atoms with van der Waals surface area (Å²) in [5.41, 5.74) is 4.73. The van der Waals surface area contributed by atoms with E-state index in [0.717, 1.165) is 36.2 Å². The van der Waals surface area contributed by atoms with Crippen molar-refractivity contribution in [3.8, 4) is 17.2 Å². The van der Waals surface area contributed by atoms with Gasteiger partial charge in [0, 0.05) is 50.7 Å². The Morgan fingerprint density at radius 2 is 1.77 bits per heavy atom. The van der Waals surface area contributed by atoms with Crippen molar-refractivity contribution in [2.45, 2.75) is 12.0 Å². The SMILES string of the molecule is CN(C)c1ccc(CN2CC3(COc4cc5c(cc43)OCO5)c3ccccc32)cn1.Cl. The number of hydrogen-bond donors (Lipinski definition) is 0. The summed E-state index contributed by atoms with van der Waals surface area (Å²) in [6, 6.07) is 17.0. The lowest BCUT2D eigenvalue weighted by molar-refractivity contribution is 0.173. The van der Waals surface area contributed by atoms with Crippen LogP contribution in [0.15, 0.2) is 54.7 Å². The highest BCUT2D eigenvalue weighted by molar-refractivity contribution is 5.85. The first kappa shape index (κ1) is 19.8. The molecule has 0 amide bonds. The Kier molecular flexibility index (Phi) is 4.63. The van der Waals surface area contributed by atoms with Gasteiger partial charge in [-0.2, -0.15) is 0 Å². The number of hydrogen-bond acceptors (Lipinski definition) is 6. The third-order valence-corrected chi connectivity index (χ3v) is 6.33. The molecular weight excluding hydrogens is 414 g/mol. The molecule has 1 aromatic heterocycles. The van der Waals surface area contributed by atoms with Crippen molar-refractivity contribution < 1.29 is 14.2 Å². The Bertz CT molecular complexity index is 1140. The summed E-state index contributed by atoms with van der Waals surface area (Å²) in [4.78, 5) is 9.03. The summed E-state index contributed by atoms with van der Waals surface area (Å²) in [5.74, 6) is 3.43. The lowest BCUT2D eigenvalue weighted by atomic mass is 9.77. The van der Waals surface area contributed by atoms with E-state index in [1.54, 1.807) is 0 Å². The van der Waals surface area contributed by atoms with E-state index in [-0.39, 0.29) is 24.6 Å². The number of rotatable bonds is 3. The number of halogens is 1. The predicted molar refractivity (Wildman–Crippen MR) is 122 cm³/mol. The van der Waals surface area contributed by atoms with Crippen molar-refractivity contribution in [1.29, 1.82) is 0 Å². The van der Waals surface area contributed by atoms with E-state index in [0.29, 0.717) is 6.61 Å². The zero-order chi connectivity index (χ0) is 20.3. The molecule has 0 saturated heterocycles. The van der Waals surface area contributed by atoms with Crippen LogP contribution in [0.5, 0.6) is 17.2 Å². The number of anilines is 2. The van der Waals surface area contributed by atoms with Gasteiger partial charge in [-0.1, -0.05) is 24.3 Å². The number of ether oxygens (including phenoxy) is 3. The summed E-state index contributed by atoms with van der Waals surface area (Å²) in [6.07, 6.45) is 1.97. The molecule has 4 heterocycles. The van der Waals surface area contributed by atoms with Gasteiger partial charge < -0.3 is 24.0 Å². The summed E-state index contributed by atoms with van der Waals surface area (Å²) < 4.78 is 17.4. The maximum absolute atomic E-state index is 6.18. The van der Waals surface area contributed by atoms with Gasteiger partial charge in [0.15, 0.2) is 11.5 Å². The number of fused-ring (bicyclic) bond motifs is 5. The first-order chi connectivity index (χ1) is 14.6. The highest BCUT2D eigenvalue weighted by Gasteiger charge is 2.50. The molecule has 1 unspecified atom stereocenters. The van der Waals surface area contributed by atoms with Crippen LogP contribution in [0, 0.1) is 0 Å². The van der Waals surface area contributed by atoms with E-state index in [4.69, 9.17) is 14.2 Å². The van der Waals surface area contributed by atoms with Crippen LogP contribution >= 0.6 is 12.4 Å². The van der Waals surface area contributed by atoms with E-state index in [9.17, 15) is 0 Å². The molecule has 7 heteroatoms. The molecule has 1 spiro atoms. The Labute approximate surface area is 187 Å². The van der Waals surface area contributed by atoms with E-state index in [1.165, 1.54) is 22.4 Å². The van der Waals surface area contributed by atoms with Crippen LogP contribution in [0.1, 0.15) is 16.7 Å². The van der Waals surface area contributed by atoms with E-state index in [1.807, 2.05) is 31.3 Å². The molecule has 0 N–H and O–H groups in total. The maximum atomic E-state index is 6.18. The molecule has 3 aliphatic rings. The van der Waals surface area contributed by atoms with Crippen molar-refractivity contribution in [3.05, 3.63) is 71.4 Å². The fourth-order valence-electron chi connectivity index (χ4n) is 4.84. The molecule has 160 valence electrons. The van der Waals surface area contributed by atoms with Crippen molar-refractivity contribution in [1.82, 2.24) is 4.98 Å². The fourth-order valence-corrected chi connectivity index (χ4v) is 4.84. The lowest BCUT2D eigenvalue weighted by Crippen LogP contribution is -2.35. The van der Waals surface area contributed by atoms with Gasteiger partial charge in [-0.25, -0.2) is 4.98 Å². The third-order valence-electron chi connectivity index (χ3n) is 6.33. The van der Waals surface area contributed by atoms with E-state index >= 15 is 0 Å². The van der Waals surface area contributed by atoms with Crippen molar-refractivity contribution in [2.24, 2.45) is 0 Å². The highest BCUT2D eigenvalue weighted by atomic mass is 35.5. The van der Waals surface area contributed by atoms with Crippen molar-refractivity contribution in [3.63, 3.8) is 0 Å². The van der Waals surface area contributed by atoms with Crippen LogP contribution in [0.3, 0.4) is 0 Å². The quantitative estimate of drug-likeness (QED) is 0.617. The molecule has 3 aromatic rings. The predicted octanol–water partition coefficient (Wildman–Crippen LogP) is 4.00. The molecule has 6 rings (SSSR count). The average molecular weight is 438 g/mol. The second-order valence-electron chi connectivity index (χ2n) is 8.36. The maximum Gasteiger partial charge on any atom is 0.231 e.